The van der Waals surface area contributed by atoms with Crippen LogP contribution in [-0.2, 0) is 4.79 Å². The van der Waals surface area contributed by atoms with E-state index in [2.05, 4.69) is 11.1 Å². The molecule has 1 aromatic carbocycles. The van der Waals surface area contributed by atoms with Crippen molar-refractivity contribution in [2.45, 2.75) is 12.8 Å². The summed E-state index contributed by atoms with van der Waals surface area (Å²) in [6.07, 6.45) is 9.36. The zero-order valence-corrected chi connectivity index (χ0v) is 21.3. The van der Waals surface area contributed by atoms with E-state index in [1.54, 1.807) is 39.7 Å². The Kier molecular flexibility index (Phi) is 7.78. The van der Waals surface area contributed by atoms with Gasteiger partial charge in [0.2, 0.25) is 5.91 Å². The van der Waals surface area contributed by atoms with E-state index in [-0.39, 0.29) is 24.0 Å². The number of fused-ring (bicyclic) bond motifs is 1. The molecule has 10 heteroatoms. The number of methoxy groups -OCH3 is 1. The fourth-order valence-electron chi connectivity index (χ4n) is 4.36. The molecular formula is C27H32N6O4. The lowest BCUT2D eigenvalue weighted by Gasteiger charge is -2.28. The van der Waals surface area contributed by atoms with E-state index in [1.807, 2.05) is 23.1 Å². The number of ether oxygens (including phenoxy) is 1. The topological polar surface area (TPSA) is 131 Å². The molecule has 1 aliphatic heterocycles. The molecule has 4 rings (SSSR count). The number of benzene rings is 1. The molecule has 0 bridgehead atoms. The van der Waals surface area contributed by atoms with Gasteiger partial charge in [0.15, 0.2) is 5.76 Å². The first-order valence-corrected chi connectivity index (χ1v) is 12.0. The van der Waals surface area contributed by atoms with Gasteiger partial charge in [-0.15, -0.1) is 0 Å². The summed E-state index contributed by atoms with van der Waals surface area (Å²) in [5, 5.41) is 2.18. The fourth-order valence-corrected chi connectivity index (χ4v) is 4.36. The second-order valence-electron chi connectivity index (χ2n) is 8.99. The van der Waals surface area contributed by atoms with Gasteiger partial charge in [0.25, 0.3) is 5.91 Å². The van der Waals surface area contributed by atoms with Crippen LogP contribution in [0, 0.1) is 0 Å². The van der Waals surface area contributed by atoms with E-state index in [0.29, 0.717) is 31.0 Å². The van der Waals surface area contributed by atoms with E-state index in [1.165, 1.54) is 22.3 Å². The van der Waals surface area contributed by atoms with Crippen LogP contribution in [0.15, 0.2) is 59.6 Å². The van der Waals surface area contributed by atoms with Crippen molar-refractivity contribution in [3.63, 3.8) is 0 Å². The molecule has 0 spiro atoms. The highest BCUT2D eigenvalue weighted by Crippen LogP contribution is 2.39. The molecule has 3 heterocycles. The Labute approximate surface area is 215 Å². The van der Waals surface area contributed by atoms with Crippen molar-refractivity contribution < 1.29 is 18.7 Å². The van der Waals surface area contributed by atoms with Crippen LogP contribution in [-0.4, -0.2) is 72.4 Å². The van der Waals surface area contributed by atoms with Gasteiger partial charge in [-0.3, -0.25) is 14.6 Å². The summed E-state index contributed by atoms with van der Waals surface area (Å²) in [7, 11) is 4.95. The lowest BCUT2D eigenvalue weighted by Crippen LogP contribution is -2.38. The maximum atomic E-state index is 12.9. The Balaban J connectivity index is 1.72. The largest absolute Gasteiger partial charge is 0.494 e. The summed E-state index contributed by atoms with van der Waals surface area (Å²) in [5.74, 6) is 6.44. The number of carbonyl (C=O) groups is 2. The van der Waals surface area contributed by atoms with Crippen molar-refractivity contribution in [1.82, 2.24) is 19.8 Å². The minimum atomic E-state index is -0.225. The van der Waals surface area contributed by atoms with E-state index < -0.39 is 0 Å². The summed E-state index contributed by atoms with van der Waals surface area (Å²) in [4.78, 5) is 33.0. The van der Waals surface area contributed by atoms with Crippen LogP contribution in [0.25, 0.3) is 27.7 Å². The maximum Gasteiger partial charge on any atom is 0.289 e. The van der Waals surface area contributed by atoms with Crippen molar-refractivity contribution in [2.24, 2.45) is 11.6 Å². The molecule has 4 N–H and O–H groups in total. The number of amides is 2. The zero-order valence-electron chi connectivity index (χ0n) is 21.3. The van der Waals surface area contributed by atoms with Gasteiger partial charge < -0.3 is 29.7 Å². The van der Waals surface area contributed by atoms with Crippen LogP contribution in [0.3, 0.4) is 0 Å². The highest BCUT2D eigenvalue weighted by molar-refractivity contribution is 6.02. The number of hydrogen-bond acceptors (Lipinski definition) is 8. The van der Waals surface area contributed by atoms with Gasteiger partial charge in [-0.25, -0.2) is 5.84 Å². The van der Waals surface area contributed by atoms with Crippen LogP contribution in [0.4, 0.5) is 0 Å². The molecule has 0 radical (unpaired) electrons. The van der Waals surface area contributed by atoms with Gasteiger partial charge in [-0.05, 0) is 41.8 Å². The predicted octanol–water partition coefficient (Wildman–Crippen LogP) is 2.82. The Morgan fingerprint density at radius 2 is 2.05 bits per heavy atom. The Morgan fingerprint density at radius 3 is 2.78 bits per heavy atom. The summed E-state index contributed by atoms with van der Waals surface area (Å²) in [5.41, 5.74) is 9.47. The highest BCUT2D eigenvalue weighted by Gasteiger charge is 2.23. The average Bonchev–Trinajstić information content (AvgIpc) is 3.35. The first-order valence-electron chi connectivity index (χ1n) is 12.0. The van der Waals surface area contributed by atoms with E-state index in [9.17, 15) is 9.59 Å². The standard InChI is InChI=1S/C27H32N6O4/c1-31(2)27(35)23-15-20-13-19(14-22(26(20)37-23)21-6-9-30-16-24(21)36-3)18-5-4-10-32(17-18)25(34)7-11-33(29)12-8-28/h5-6,8-9,12-16H,4,7,10-11,17,28-29H2,1-3H3/b12-8-. The number of furan rings is 1. The molecule has 10 nitrogen and oxygen atoms in total. The molecular weight excluding hydrogens is 472 g/mol. The van der Waals surface area contributed by atoms with Crippen LogP contribution < -0.4 is 16.3 Å². The fraction of sp³-hybridized carbons (Fsp3) is 0.296. The quantitative estimate of drug-likeness (QED) is 0.354. The van der Waals surface area contributed by atoms with Gasteiger partial charge in [0.05, 0.1) is 13.3 Å². The van der Waals surface area contributed by atoms with Crippen molar-refractivity contribution in [3.8, 4) is 16.9 Å². The second kappa shape index (κ2) is 11.2. The van der Waals surface area contributed by atoms with Crippen molar-refractivity contribution in [2.75, 3.05) is 40.8 Å². The normalized spacial score (nSPS) is 13.6. The molecule has 37 heavy (non-hydrogen) atoms. The molecule has 194 valence electrons. The van der Waals surface area contributed by atoms with E-state index in [0.717, 1.165) is 34.1 Å². The number of hydrogen-bond donors (Lipinski definition) is 2. The molecule has 2 amide bonds. The van der Waals surface area contributed by atoms with Crippen molar-refractivity contribution in [3.05, 3.63) is 66.5 Å². The predicted molar refractivity (Wildman–Crippen MR) is 142 cm³/mol. The first-order chi connectivity index (χ1) is 17.8. The number of rotatable bonds is 8. The van der Waals surface area contributed by atoms with Crippen LogP contribution >= 0.6 is 0 Å². The summed E-state index contributed by atoms with van der Waals surface area (Å²) >= 11 is 0. The minimum absolute atomic E-state index is 0.0192. The molecule has 0 unspecified atom stereocenters. The summed E-state index contributed by atoms with van der Waals surface area (Å²) in [6, 6.07) is 7.62. The van der Waals surface area contributed by atoms with Gasteiger partial charge in [-0.2, -0.15) is 0 Å². The molecule has 0 saturated carbocycles. The third-order valence-electron chi connectivity index (χ3n) is 6.26. The Bertz CT molecular complexity index is 1360. The average molecular weight is 505 g/mol. The number of aromatic nitrogens is 1. The number of nitrogens with two attached hydrogens (primary N) is 2. The first kappa shape index (κ1) is 25.8. The monoisotopic (exact) mass is 504 g/mol. The number of hydrazine groups is 1. The van der Waals surface area contributed by atoms with Gasteiger partial charge in [0.1, 0.15) is 11.3 Å². The summed E-state index contributed by atoms with van der Waals surface area (Å²) in [6.45, 7) is 1.48. The van der Waals surface area contributed by atoms with Crippen molar-refractivity contribution >= 4 is 28.4 Å². The molecule has 2 aromatic heterocycles. The number of pyridine rings is 1. The Morgan fingerprint density at radius 1 is 1.24 bits per heavy atom. The third kappa shape index (κ3) is 5.59. The molecule has 0 aliphatic carbocycles. The Hall–Kier alpha value is -4.31. The van der Waals surface area contributed by atoms with Gasteiger partial charge in [-0.1, -0.05) is 6.08 Å². The van der Waals surface area contributed by atoms with Gasteiger partial charge >= 0.3 is 0 Å². The maximum absolute atomic E-state index is 12.9. The third-order valence-corrected chi connectivity index (χ3v) is 6.26. The van der Waals surface area contributed by atoms with E-state index >= 15 is 0 Å². The van der Waals surface area contributed by atoms with Gasteiger partial charge in [0, 0.05) is 75.3 Å². The SMILES string of the molecule is COc1cnccc1-c1cc(C2=CCCN(C(=O)CCN(N)/C=C\N)C2)cc2cc(C(=O)N(C)C)oc12. The van der Waals surface area contributed by atoms with Crippen LogP contribution in [0.2, 0.25) is 0 Å². The second-order valence-corrected chi connectivity index (χ2v) is 8.99. The molecule has 0 saturated heterocycles. The molecule has 0 fully saturated rings. The van der Waals surface area contributed by atoms with E-state index in [4.69, 9.17) is 20.7 Å². The minimum Gasteiger partial charge on any atom is -0.494 e. The number of carbonyl (C=O) groups excluding carboxylic acids is 2. The van der Waals surface area contributed by atoms with Crippen LogP contribution in [0.5, 0.6) is 5.75 Å². The molecule has 0 atom stereocenters. The number of nitrogens with zero attached hydrogens (tertiary/aromatic N) is 4. The van der Waals surface area contributed by atoms with Crippen LogP contribution in [0.1, 0.15) is 29.0 Å². The smallest absolute Gasteiger partial charge is 0.289 e. The van der Waals surface area contributed by atoms with Crippen molar-refractivity contribution in [1.29, 1.82) is 0 Å². The zero-order chi connectivity index (χ0) is 26.5. The summed E-state index contributed by atoms with van der Waals surface area (Å²) < 4.78 is 11.6. The highest BCUT2D eigenvalue weighted by atomic mass is 16.5. The lowest BCUT2D eigenvalue weighted by molar-refractivity contribution is -0.130. The molecule has 1 aliphatic rings. The molecule has 3 aromatic rings. The lowest BCUT2D eigenvalue weighted by atomic mass is 9.94.